The Kier molecular flexibility index (Phi) is 12.1. The van der Waals surface area contributed by atoms with Crippen LogP contribution in [0.4, 0.5) is 0 Å². The predicted molar refractivity (Wildman–Crippen MR) is 118 cm³/mol. The Labute approximate surface area is 180 Å². The van der Waals surface area contributed by atoms with Crippen LogP contribution >= 0.6 is 0 Å². The van der Waals surface area contributed by atoms with Crippen molar-refractivity contribution >= 4 is 11.9 Å². The molecule has 1 aromatic carbocycles. The summed E-state index contributed by atoms with van der Waals surface area (Å²) in [4.78, 5) is 25.2. The van der Waals surface area contributed by atoms with Crippen LogP contribution in [0.15, 0.2) is 12.1 Å². The predicted octanol–water partition coefficient (Wildman–Crippen LogP) is 3.72. The molecule has 0 saturated heterocycles. The third-order valence-corrected chi connectivity index (χ3v) is 5.09. The molecule has 0 aliphatic carbocycles. The second-order valence-electron chi connectivity index (χ2n) is 8.27. The molecule has 1 aromatic rings. The number of unbranched alkanes of at least 4 members (excludes halogenated alkanes) is 6. The first-order valence-corrected chi connectivity index (χ1v) is 10.9. The summed E-state index contributed by atoms with van der Waals surface area (Å²) in [6, 6.07) is 3.90. The normalized spacial score (nSPS) is 11.4. The van der Waals surface area contributed by atoms with E-state index in [2.05, 4.69) is 6.92 Å². The molecule has 1 rings (SSSR count). The zero-order valence-electron chi connectivity index (χ0n) is 18.7. The molecule has 0 unspecified atom stereocenters. The topological polar surface area (TPSA) is 101 Å². The van der Waals surface area contributed by atoms with E-state index in [1.54, 1.807) is 23.9 Å². The SMILES string of the molecule is CCCCCCCCCc1cc(CN(C)CC(=O)O)c(O)c(CN(C)CC(=O)O)c1. The van der Waals surface area contributed by atoms with Crippen LogP contribution in [0.3, 0.4) is 0 Å². The number of phenolic OH excluding ortho intramolecular Hbond substituents is 1. The highest BCUT2D eigenvalue weighted by Crippen LogP contribution is 2.28. The van der Waals surface area contributed by atoms with Gasteiger partial charge in [0.1, 0.15) is 5.75 Å². The van der Waals surface area contributed by atoms with Gasteiger partial charge in [0.25, 0.3) is 0 Å². The minimum Gasteiger partial charge on any atom is -0.507 e. The van der Waals surface area contributed by atoms with Gasteiger partial charge in [0.05, 0.1) is 13.1 Å². The van der Waals surface area contributed by atoms with Gasteiger partial charge < -0.3 is 15.3 Å². The Morgan fingerprint density at radius 2 is 1.23 bits per heavy atom. The number of carboxylic acids is 2. The summed E-state index contributed by atoms with van der Waals surface area (Å²) in [5, 5.41) is 28.7. The molecule has 0 aliphatic rings. The number of carboxylic acid groups (broad SMARTS) is 2. The summed E-state index contributed by atoms with van der Waals surface area (Å²) < 4.78 is 0. The second kappa shape index (κ2) is 14.0. The quantitative estimate of drug-likeness (QED) is 0.349. The number of aromatic hydroxyl groups is 1. The minimum atomic E-state index is -0.919. The van der Waals surface area contributed by atoms with Crippen LogP contribution in [-0.2, 0) is 29.1 Å². The first-order valence-electron chi connectivity index (χ1n) is 10.9. The Hall–Kier alpha value is -2.12. The van der Waals surface area contributed by atoms with Crippen molar-refractivity contribution < 1.29 is 24.9 Å². The van der Waals surface area contributed by atoms with Gasteiger partial charge in [-0.15, -0.1) is 0 Å². The summed E-state index contributed by atoms with van der Waals surface area (Å²) in [7, 11) is 3.40. The Morgan fingerprint density at radius 1 is 0.800 bits per heavy atom. The smallest absolute Gasteiger partial charge is 0.317 e. The van der Waals surface area contributed by atoms with Crippen molar-refractivity contribution in [2.75, 3.05) is 27.2 Å². The second-order valence-corrected chi connectivity index (χ2v) is 8.27. The Bertz CT molecular complexity index is 633. The van der Waals surface area contributed by atoms with E-state index in [0.717, 1.165) is 24.8 Å². The number of phenols is 1. The number of aryl methyl sites for hydroxylation is 1. The summed E-state index contributed by atoms with van der Waals surface area (Å²) in [6.07, 6.45) is 9.42. The summed E-state index contributed by atoms with van der Waals surface area (Å²) in [5.41, 5.74) is 2.45. The molecule has 0 spiro atoms. The van der Waals surface area contributed by atoms with E-state index >= 15 is 0 Å². The molecule has 0 radical (unpaired) electrons. The molecule has 170 valence electrons. The summed E-state index contributed by atoms with van der Waals surface area (Å²) in [6.45, 7) is 2.62. The van der Waals surface area contributed by atoms with Crippen LogP contribution in [0.25, 0.3) is 0 Å². The van der Waals surface area contributed by atoms with Gasteiger partial charge in [-0.05, 0) is 32.5 Å². The molecule has 0 aliphatic heterocycles. The number of carbonyl (C=O) groups is 2. The highest BCUT2D eigenvalue weighted by Gasteiger charge is 2.15. The van der Waals surface area contributed by atoms with Gasteiger partial charge in [0.15, 0.2) is 0 Å². The average Bonchev–Trinajstić information content (AvgIpc) is 2.63. The van der Waals surface area contributed by atoms with Crippen LogP contribution in [0, 0.1) is 0 Å². The summed E-state index contributed by atoms with van der Waals surface area (Å²) >= 11 is 0. The van der Waals surface area contributed by atoms with Crippen LogP contribution in [0.2, 0.25) is 0 Å². The van der Waals surface area contributed by atoms with E-state index < -0.39 is 11.9 Å². The van der Waals surface area contributed by atoms with Gasteiger partial charge in [0.2, 0.25) is 0 Å². The fourth-order valence-corrected chi connectivity index (χ4v) is 3.66. The van der Waals surface area contributed by atoms with Crippen LogP contribution < -0.4 is 0 Å². The third kappa shape index (κ3) is 10.6. The molecular weight excluding hydrogens is 384 g/mol. The number of hydrogen-bond donors (Lipinski definition) is 3. The van der Waals surface area contributed by atoms with Gasteiger partial charge >= 0.3 is 11.9 Å². The fraction of sp³-hybridized carbons (Fsp3) is 0.652. The third-order valence-electron chi connectivity index (χ3n) is 5.09. The lowest BCUT2D eigenvalue weighted by molar-refractivity contribution is -0.139. The van der Waals surface area contributed by atoms with Crippen molar-refractivity contribution in [2.45, 2.75) is 71.4 Å². The number of hydrogen-bond acceptors (Lipinski definition) is 5. The van der Waals surface area contributed by atoms with Gasteiger partial charge in [-0.1, -0.05) is 57.6 Å². The van der Waals surface area contributed by atoms with E-state index in [0.29, 0.717) is 24.2 Å². The number of nitrogens with zero attached hydrogens (tertiary/aromatic N) is 2. The largest absolute Gasteiger partial charge is 0.507 e. The fourth-order valence-electron chi connectivity index (χ4n) is 3.66. The Balaban J connectivity index is 2.86. The monoisotopic (exact) mass is 422 g/mol. The van der Waals surface area contributed by atoms with Crippen molar-refractivity contribution in [3.05, 3.63) is 28.8 Å². The van der Waals surface area contributed by atoms with E-state index in [4.69, 9.17) is 10.2 Å². The molecular formula is C23H38N2O5. The lowest BCUT2D eigenvalue weighted by Gasteiger charge is -2.20. The number of likely N-dealkylation sites (N-methyl/N-ethyl adjacent to an activating group) is 2. The summed E-state index contributed by atoms with van der Waals surface area (Å²) in [5.74, 6) is -1.72. The van der Waals surface area contributed by atoms with Gasteiger partial charge in [-0.2, -0.15) is 0 Å². The van der Waals surface area contributed by atoms with E-state index in [9.17, 15) is 14.7 Å². The number of aliphatic carboxylic acids is 2. The molecule has 0 bridgehead atoms. The number of rotatable bonds is 16. The maximum Gasteiger partial charge on any atom is 0.317 e. The average molecular weight is 423 g/mol. The number of benzene rings is 1. The van der Waals surface area contributed by atoms with Gasteiger partial charge in [0, 0.05) is 24.2 Å². The van der Waals surface area contributed by atoms with Crippen LogP contribution in [-0.4, -0.2) is 64.2 Å². The zero-order valence-corrected chi connectivity index (χ0v) is 18.7. The van der Waals surface area contributed by atoms with E-state index in [1.807, 2.05) is 12.1 Å². The van der Waals surface area contributed by atoms with Gasteiger partial charge in [-0.3, -0.25) is 19.4 Å². The van der Waals surface area contributed by atoms with Crippen LogP contribution in [0.5, 0.6) is 5.75 Å². The van der Waals surface area contributed by atoms with Crippen molar-refractivity contribution in [3.63, 3.8) is 0 Å². The molecule has 0 saturated carbocycles. The minimum absolute atomic E-state index is 0.115. The highest BCUT2D eigenvalue weighted by molar-refractivity contribution is 5.69. The molecule has 0 atom stereocenters. The van der Waals surface area contributed by atoms with Crippen molar-refractivity contribution in [3.8, 4) is 5.75 Å². The first kappa shape index (κ1) is 25.9. The van der Waals surface area contributed by atoms with E-state index in [1.165, 1.54) is 32.1 Å². The van der Waals surface area contributed by atoms with E-state index in [-0.39, 0.29) is 18.8 Å². The maximum absolute atomic E-state index is 11.0. The first-order chi connectivity index (χ1) is 14.2. The molecule has 3 N–H and O–H groups in total. The lowest BCUT2D eigenvalue weighted by Crippen LogP contribution is -2.26. The molecule has 0 amide bonds. The lowest BCUT2D eigenvalue weighted by atomic mass is 9.98. The standard InChI is InChI=1S/C23H38N2O5/c1-4-5-6-7-8-9-10-11-18-12-19(14-24(2)16-21(26)27)23(30)20(13-18)15-25(3)17-22(28)29/h12-13,30H,4-11,14-17H2,1-3H3,(H,26,27)(H,28,29). The van der Waals surface area contributed by atoms with Crippen molar-refractivity contribution in [2.24, 2.45) is 0 Å². The Morgan fingerprint density at radius 3 is 1.67 bits per heavy atom. The molecule has 30 heavy (non-hydrogen) atoms. The molecule has 7 heteroatoms. The van der Waals surface area contributed by atoms with Crippen molar-refractivity contribution in [1.82, 2.24) is 9.80 Å². The van der Waals surface area contributed by atoms with Crippen molar-refractivity contribution in [1.29, 1.82) is 0 Å². The highest BCUT2D eigenvalue weighted by atomic mass is 16.4. The molecule has 0 heterocycles. The van der Waals surface area contributed by atoms with Crippen LogP contribution in [0.1, 0.15) is 68.6 Å². The van der Waals surface area contributed by atoms with Gasteiger partial charge in [-0.25, -0.2) is 0 Å². The maximum atomic E-state index is 11.0. The molecule has 0 fully saturated rings. The molecule has 0 aromatic heterocycles. The zero-order chi connectivity index (χ0) is 22.5. The molecule has 7 nitrogen and oxygen atoms in total.